The van der Waals surface area contributed by atoms with Gasteiger partial charge in [0.2, 0.25) is 0 Å². The molecule has 3 heteroatoms. The van der Waals surface area contributed by atoms with Crippen LogP contribution in [0.3, 0.4) is 0 Å². The SMILES string of the molecule is c1ccc(-c2cc3c4c(c2)N(c2ccc5ccccc5c2)c2cc5ccccc5cc2B4n2c4ccccc4c4cccc-3c42)cc1. The summed E-state index contributed by atoms with van der Waals surface area (Å²) in [5.41, 5.74) is 14.0. The zero-order valence-corrected chi connectivity index (χ0v) is 25.6. The molecule has 47 heavy (non-hydrogen) atoms. The minimum absolute atomic E-state index is 0.0263. The minimum atomic E-state index is 0.0263. The molecule has 0 radical (unpaired) electrons. The van der Waals surface area contributed by atoms with Crippen molar-refractivity contribution in [2.75, 3.05) is 4.90 Å². The van der Waals surface area contributed by atoms with Gasteiger partial charge in [-0.25, -0.2) is 0 Å². The van der Waals surface area contributed by atoms with Gasteiger partial charge in [0.25, 0.3) is 0 Å². The zero-order chi connectivity index (χ0) is 30.6. The summed E-state index contributed by atoms with van der Waals surface area (Å²) < 4.78 is 2.64. The maximum atomic E-state index is 2.64. The fourth-order valence-corrected chi connectivity index (χ4v) is 8.47. The van der Waals surface area contributed by atoms with Crippen molar-refractivity contribution in [3.8, 4) is 22.3 Å². The molecule has 0 amide bonds. The Morgan fingerprint density at radius 3 is 1.98 bits per heavy atom. The molecule has 9 aromatic rings. The van der Waals surface area contributed by atoms with E-state index < -0.39 is 0 Å². The number of hydrogen-bond acceptors (Lipinski definition) is 1. The lowest BCUT2D eigenvalue weighted by atomic mass is 9.45. The first kappa shape index (κ1) is 25.2. The van der Waals surface area contributed by atoms with Crippen molar-refractivity contribution in [3.63, 3.8) is 0 Å². The van der Waals surface area contributed by atoms with Gasteiger partial charge in [-0.1, -0.05) is 127 Å². The van der Waals surface area contributed by atoms with Crippen LogP contribution < -0.4 is 15.8 Å². The second kappa shape index (κ2) is 9.25. The van der Waals surface area contributed by atoms with Crippen LogP contribution in [-0.4, -0.2) is 11.3 Å². The number of para-hydroxylation sites is 2. The molecular formula is C44H27BN2. The van der Waals surface area contributed by atoms with Crippen LogP contribution in [0, 0.1) is 0 Å². The normalized spacial score (nSPS) is 13.0. The third kappa shape index (κ3) is 3.41. The second-order valence-corrected chi connectivity index (χ2v) is 12.9. The number of nitrogens with zero attached hydrogens (tertiary/aromatic N) is 2. The highest BCUT2D eigenvalue weighted by atomic mass is 15.2. The Bertz CT molecular complexity index is 2760. The number of hydrogen-bond donors (Lipinski definition) is 0. The molecule has 0 bridgehead atoms. The van der Waals surface area contributed by atoms with Crippen molar-refractivity contribution in [2.45, 2.75) is 0 Å². The van der Waals surface area contributed by atoms with Gasteiger partial charge in [0.15, 0.2) is 0 Å². The lowest BCUT2D eigenvalue weighted by Crippen LogP contribution is -2.56. The molecular weight excluding hydrogens is 567 g/mol. The molecule has 3 heterocycles. The van der Waals surface area contributed by atoms with Gasteiger partial charge in [0.05, 0.1) is 0 Å². The van der Waals surface area contributed by atoms with Crippen molar-refractivity contribution in [3.05, 3.63) is 164 Å². The highest BCUT2D eigenvalue weighted by Crippen LogP contribution is 2.47. The van der Waals surface area contributed by atoms with Crippen molar-refractivity contribution >= 4 is 78.2 Å². The van der Waals surface area contributed by atoms with Crippen molar-refractivity contribution in [1.29, 1.82) is 0 Å². The van der Waals surface area contributed by atoms with E-state index >= 15 is 0 Å². The van der Waals surface area contributed by atoms with E-state index in [1.54, 1.807) is 0 Å². The Balaban J connectivity index is 1.34. The summed E-state index contributed by atoms with van der Waals surface area (Å²) in [7, 11) is 0. The largest absolute Gasteiger partial charge is 0.375 e. The van der Waals surface area contributed by atoms with Gasteiger partial charge in [-0.2, -0.15) is 0 Å². The molecule has 216 valence electrons. The lowest BCUT2D eigenvalue weighted by Gasteiger charge is -2.41. The molecule has 1 aromatic heterocycles. The molecule has 11 rings (SSSR count). The van der Waals surface area contributed by atoms with Crippen molar-refractivity contribution < 1.29 is 0 Å². The van der Waals surface area contributed by atoms with Gasteiger partial charge in [-0.15, -0.1) is 0 Å². The third-order valence-electron chi connectivity index (χ3n) is 10.5. The summed E-state index contributed by atoms with van der Waals surface area (Å²) in [6.07, 6.45) is 0. The van der Waals surface area contributed by atoms with Gasteiger partial charge < -0.3 is 9.38 Å². The molecule has 8 aromatic carbocycles. The third-order valence-corrected chi connectivity index (χ3v) is 10.5. The topological polar surface area (TPSA) is 8.17 Å². The van der Waals surface area contributed by atoms with Crippen LogP contribution in [-0.2, 0) is 0 Å². The van der Waals surface area contributed by atoms with Gasteiger partial charge in [0, 0.05) is 44.4 Å². The molecule has 0 aliphatic carbocycles. The van der Waals surface area contributed by atoms with Crippen LogP contribution in [0.1, 0.15) is 0 Å². The van der Waals surface area contributed by atoms with E-state index in [0.29, 0.717) is 0 Å². The van der Waals surface area contributed by atoms with Gasteiger partial charge in [-0.3, -0.25) is 0 Å². The average molecular weight is 595 g/mol. The second-order valence-electron chi connectivity index (χ2n) is 12.9. The molecule has 0 fully saturated rings. The predicted molar refractivity (Wildman–Crippen MR) is 200 cm³/mol. The van der Waals surface area contributed by atoms with E-state index in [-0.39, 0.29) is 6.85 Å². The maximum Gasteiger partial charge on any atom is 0.333 e. The summed E-state index contributed by atoms with van der Waals surface area (Å²) in [4.78, 5) is 2.53. The van der Waals surface area contributed by atoms with Gasteiger partial charge in [0.1, 0.15) is 0 Å². The van der Waals surface area contributed by atoms with E-state index in [1.165, 1.54) is 93.6 Å². The predicted octanol–water partition coefficient (Wildman–Crippen LogP) is 10.2. The number of rotatable bonds is 2. The molecule has 0 unspecified atom stereocenters. The number of fused-ring (bicyclic) bond motifs is 9. The first-order valence-electron chi connectivity index (χ1n) is 16.4. The Morgan fingerprint density at radius 1 is 0.426 bits per heavy atom. The summed E-state index contributed by atoms with van der Waals surface area (Å²) >= 11 is 0. The molecule has 0 saturated heterocycles. The maximum absolute atomic E-state index is 2.64. The van der Waals surface area contributed by atoms with E-state index in [0.717, 1.165) is 0 Å². The van der Waals surface area contributed by atoms with Crippen LogP contribution in [0.5, 0.6) is 0 Å². The molecule has 2 nitrogen and oxygen atoms in total. The average Bonchev–Trinajstić information content (AvgIpc) is 3.47. The first-order chi connectivity index (χ1) is 23.3. The number of aromatic nitrogens is 1. The monoisotopic (exact) mass is 594 g/mol. The Labute approximate surface area is 272 Å². The summed E-state index contributed by atoms with van der Waals surface area (Å²) in [5, 5.41) is 7.63. The van der Waals surface area contributed by atoms with Gasteiger partial charge >= 0.3 is 6.85 Å². The smallest absolute Gasteiger partial charge is 0.333 e. The van der Waals surface area contributed by atoms with Crippen molar-refractivity contribution in [1.82, 2.24) is 4.48 Å². The number of anilines is 3. The van der Waals surface area contributed by atoms with Crippen molar-refractivity contribution in [2.24, 2.45) is 0 Å². The molecule has 0 N–H and O–H groups in total. The highest BCUT2D eigenvalue weighted by molar-refractivity contribution is 6.90. The fourth-order valence-electron chi connectivity index (χ4n) is 8.47. The van der Waals surface area contributed by atoms with Crippen LogP contribution >= 0.6 is 0 Å². The summed E-state index contributed by atoms with van der Waals surface area (Å²) in [5.74, 6) is 0. The highest BCUT2D eigenvalue weighted by Gasteiger charge is 2.43. The fraction of sp³-hybridized carbons (Fsp3) is 0. The van der Waals surface area contributed by atoms with Crippen LogP contribution in [0.15, 0.2) is 164 Å². The van der Waals surface area contributed by atoms with E-state index in [2.05, 4.69) is 173 Å². The van der Waals surface area contributed by atoms with E-state index in [4.69, 9.17) is 0 Å². The van der Waals surface area contributed by atoms with Crippen LogP contribution in [0.25, 0.3) is 65.6 Å². The van der Waals surface area contributed by atoms with Crippen LogP contribution in [0.4, 0.5) is 17.1 Å². The lowest BCUT2D eigenvalue weighted by molar-refractivity contribution is 1.26. The summed E-state index contributed by atoms with van der Waals surface area (Å²) in [6, 6.07) is 60.8. The zero-order valence-electron chi connectivity index (χ0n) is 25.6. The molecule has 0 saturated carbocycles. The first-order valence-corrected chi connectivity index (χ1v) is 16.4. The Morgan fingerprint density at radius 2 is 1.13 bits per heavy atom. The van der Waals surface area contributed by atoms with Gasteiger partial charge in [-0.05, 0) is 85.6 Å². The summed E-state index contributed by atoms with van der Waals surface area (Å²) in [6.45, 7) is 0.0263. The van der Waals surface area contributed by atoms with Crippen LogP contribution in [0.2, 0.25) is 0 Å². The molecule has 2 aliphatic heterocycles. The molecule has 0 spiro atoms. The minimum Gasteiger partial charge on any atom is -0.375 e. The van der Waals surface area contributed by atoms with E-state index in [9.17, 15) is 0 Å². The molecule has 2 aliphatic rings. The Kier molecular flexibility index (Phi) is 4.95. The Hall–Kier alpha value is -6.06. The van der Waals surface area contributed by atoms with E-state index in [1.807, 2.05) is 0 Å². The standard InChI is InChI=1S/C44H27BN2/c1-2-11-28(12-3-1)33-24-38-37-19-10-18-36-35-17-8-9-20-40(35)47(44(36)37)45-39-25-31-15-6-7-16-32(31)26-41(39)46(42(27-33)43(38)45)34-22-21-29-13-4-5-14-30(29)23-34/h1-27H. The molecule has 0 atom stereocenters. The quantitative estimate of drug-likeness (QED) is 0.181. The number of benzene rings is 8.